The Bertz CT molecular complexity index is 937. The Labute approximate surface area is 151 Å². The second kappa shape index (κ2) is 6.04. The van der Waals surface area contributed by atoms with Gasteiger partial charge in [-0.1, -0.05) is 18.5 Å². The molecule has 2 N–H and O–H groups in total. The summed E-state index contributed by atoms with van der Waals surface area (Å²) >= 11 is 6.46. The lowest BCUT2D eigenvalue weighted by Gasteiger charge is -2.29. The molecule has 0 amide bonds. The van der Waals surface area contributed by atoms with E-state index in [4.69, 9.17) is 16.6 Å². The first-order chi connectivity index (χ1) is 12.1. The molecule has 0 unspecified atom stereocenters. The smallest absolute Gasteiger partial charge is 0.178 e. The average molecular weight is 355 g/mol. The predicted octanol–water partition coefficient (Wildman–Crippen LogP) is 3.81. The van der Waals surface area contributed by atoms with Crippen molar-refractivity contribution >= 4 is 28.8 Å². The van der Waals surface area contributed by atoms with Crippen molar-refractivity contribution in [3.63, 3.8) is 0 Å². The standard InChI is InChI=1S/C18H19ClN6/c1-4-11-7-12-15(9-25(11)3)21-18-16(10(2)23-24-18)22-17(12)13-8-20-6-5-14(13)19/h5-8H,4,9H2,1-3H3,(H2,21,23,24). The van der Waals surface area contributed by atoms with Crippen LogP contribution >= 0.6 is 11.6 Å². The van der Waals surface area contributed by atoms with E-state index in [9.17, 15) is 0 Å². The summed E-state index contributed by atoms with van der Waals surface area (Å²) in [5.74, 6) is 0.738. The number of halogens is 1. The van der Waals surface area contributed by atoms with Gasteiger partial charge in [0.25, 0.3) is 0 Å². The number of anilines is 1. The predicted molar refractivity (Wildman–Crippen MR) is 100 cm³/mol. The van der Waals surface area contributed by atoms with E-state index >= 15 is 0 Å². The molecule has 0 bridgehead atoms. The molecule has 6 nitrogen and oxygen atoms in total. The molecule has 2 aromatic heterocycles. The lowest BCUT2D eigenvalue weighted by Crippen LogP contribution is -2.29. The van der Waals surface area contributed by atoms with Gasteiger partial charge < -0.3 is 10.2 Å². The van der Waals surface area contributed by atoms with Crippen LogP contribution in [0.15, 0.2) is 46.5 Å². The fraction of sp³-hybridized carbons (Fsp3) is 0.278. The van der Waals surface area contributed by atoms with E-state index in [-0.39, 0.29) is 0 Å². The third kappa shape index (κ3) is 2.62. The van der Waals surface area contributed by atoms with Crippen molar-refractivity contribution < 1.29 is 0 Å². The van der Waals surface area contributed by atoms with E-state index in [1.807, 2.05) is 6.92 Å². The Morgan fingerprint density at radius 1 is 1.36 bits per heavy atom. The molecule has 2 aliphatic rings. The van der Waals surface area contributed by atoms with Crippen LogP contribution in [0.25, 0.3) is 0 Å². The minimum atomic E-state index is 0.635. The summed E-state index contributed by atoms with van der Waals surface area (Å²) in [5, 5.41) is 11.4. The van der Waals surface area contributed by atoms with Crippen molar-refractivity contribution in [2.75, 3.05) is 18.9 Å². The molecule has 0 radical (unpaired) electrons. The third-order valence-electron chi connectivity index (χ3n) is 4.57. The van der Waals surface area contributed by atoms with Crippen molar-refractivity contribution in [1.82, 2.24) is 20.1 Å². The minimum absolute atomic E-state index is 0.635. The summed E-state index contributed by atoms with van der Waals surface area (Å²) in [6, 6.07) is 1.79. The van der Waals surface area contributed by atoms with Crippen LogP contribution in [-0.4, -0.2) is 39.4 Å². The zero-order chi connectivity index (χ0) is 17.6. The summed E-state index contributed by atoms with van der Waals surface area (Å²) in [7, 11) is 2.09. The van der Waals surface area contributed by atoms with Gasteiger partial charge in [-0.3, -0.25) is 10.1 Å². The fourth-order valence-electron chi connectivity index (χ4n) is 3.20. The number of aromatic nitrogens is 3. The van der Waals surface area contributed by atoms with Crippen molar-refractivity contribution in [2.24, 2.45) is 4.99 Å². The Morgan fingerprint density at radius 2 is 2.20 bits per heavy atom. The molecule has 0 saturated heterocycles. The first-order valence-corrected chi connectivity index (χ1v) is 8.62. The van der Waals surface area contributed by atoms with Crippen LogP contribution in [0.1, 0.15) is 24.6 Å². The zero-order valence-electron chi connectivity index (χ0n) is 14.4. The van der Waals surface area contributed by atoms with E-state index < -0.39 is 0 Å². The number of fused-ring (bicyclic) bond motifs is 1. The molecule has 0 aliphatic carbocycles. The number of H-pyrrole nitrogens is 1. The monoisotopic (exact) mass is 354 g/mol. The van der Waals surface area contributed by atoms with Crippen LogP contribution < -0.4 is 5.32 Å². The molecule has 4 rings (SSSR count). The minimum Gasteiger partial charge on any atom is -0.372 e. The molecule has 2 aliphatic heterocycles. The summed E-state index contributed by atoms with van der Waals surface area (Å²) in [5.41, 5.74) is 6.72. The molecule has 128 valence electrons. The number of likely N-dealkylation sites (N-methyl/N-ethyl adjacent to an activating group) is 1. The van der Waals surface area contributed by atoms with Gasteiger partial charge >= 0.3 is 0 Å². The number of pyridine rings is 1. The van der Waals surface area contributed by atoms with Crippen LogP contribution in [0.2, 0.25) is 5.02 Å². The lowest BCUT2D eigenvalue weighted by atomic mass is 9.97. The van der Waals surface area contributed by atoms with Gasteiger partial charge in [-0.05, 0) is 25.5 Å². The number of nitrogens with zero attached hydrogens (tertiary/aromatic N) is 4. The van der Waals surface area contributed by atoms with Crippen molar-refractivity contribution in [3.8, 4) is 0 Å². The highest BCUT2D eigenvalue weighted by atomic mass is 35.5. The second-order valence-electron chi connectivity index (χ2n) is 6.22. The van der Waals surface area contributed by atoms with Crippen LogP contribution in [0.5, 0.6) is 0 Å². The number of aryl methyl sites for hydroxylation is 1. The fourth-order valence-corrected chi connectivity index (χ4v) is 3.39. The number of allylic oxidation sites excluding steroid dienone is 3. The summed E-state index contributed by atoms with van der Waals surface area (Å²) in [6.45, 7) is 4.88. The first-order valence-electron chi connectivity index (χ1n) is 8.24. The van der Waals surface area contributed by atoms with Crippen molar-refractivity contribution in [3.05, 3.63) is 57.8 Å². The highest BCUT2D eigenvalue weighted by molar-refractivity contribution is 6.36. The van der Waals surface area contributed by atoms with Gasteiger partial charge in [-0.15, -0.1) is 0 Å². The number of hydrogen-bond donors (Lipinski definition) is 2. The van der Waals surface area contributed by atoms with Crippen molar-refractivity contribution in [1.29, 1.82) is 0 Å². The van der Waals surface area contributed by atoms with Gasteiger partial charge in [-0.2, -0.15) is 5.10 Å². The molecule has 25 heavy (non-hydrogen) atoms. The van der Waals surface area contributed by atoms with Crippen LogP contribution in [-0.2, 0) is 0 Å². The number of rotatable bonds is 2. The van der Waals surface area contributed by atoms with Crippen LogP contribution in [0.4, 0.5) is 11.5 Å². The molecule has 0 spiro atoms. The average Bonchev–Trinajstić information content (AvgIpc) is 2.85. The van der Waals surface area contributed by atoms with Crippen molar-refractivity contribution in [2.45, 2.75) is 20.3 Å². The van der Waals surface area contributed by atoms with E-state index in [1.54, 1.807) is 18.5 Å². The first kappa shape index (κ1) is 15.9. The molecular weight excluding hydrogens is 336 g/mol. The van der Waals surface area contributed by atoms with Gasteiger partial charge in [0.2, 0.25) is 0 Å². The van der Waals surface area contributed by atoms with Crippen LogP contribution in [0.3, 0.4) is 0 Å². The van der Waals surface area contributed by atoms with E-state index in [0.717, 1.165) is 52.7 Å². The highest BCUT2D eigenvalue weighted by Gasteiger charge is 2.27. The van der Waals surface area contributed by atoms with E-state index in [0.29, 0.717) is 5.02 Å². The van der Waals surface area contributed by atoms with Gasteiger partial charge in [0, 0.05) is 42.0 Å². The highest BCUT2D eigenvalue weighted by Crippen LogP contribution is 2.36. The molecule has 7 heteroatoms. The summed E-state index contributed by atoms with van der Waals surface area (Å²) in [6.07, 6.45) is 6.58. The van der Waals surface area contributed by atoms with Gasteiger partial charge in [-0.25, -0.2) is 4.99 Å². The molecule has 4 heterocycles. The van der Waals surface area contributed by atoms with E-state index in [2.05, 4.69) is 45.4 Å². The summed E-state index contributed by atoms with van der Waals surface area (Å²) < 4.78 is 0. The number of aromatic amines is 1. The quantitative estimate of drug-likeness (QED) is 0.860. The maximum atomic E-state index is 6.46. The molecular formula is C18H19ClN6. The summed E-state index contributed by atoms with van der Waals surface area (Å²) in [4.78, 5) is 11.4. The molecule has 0 fully saturated rings. The topological polar surface area (TPSA) is 69.2 Å². The molecule has 0 aromatic carbocycles. The largest absolute Gasteiger partial charge is 0.372 e. The van der Waals surface area contributed by atoms with E-state index in [1.165, 1.54) is 5.70 Å². The van der Waals surface area contributed by atoms with Crippen LogP contribution in [0, 0.1) is 6.92 Å². The SMILES string of the molecule is CCC1=CC2=C(CN1C)Nc1n[nH]c(C)c1N=C2c1cnccc1Cl. The lowest BCUT2D eigenvalue weighted by molar-refractivity contribution is 0.432. The van der Waals surface area contributed by atoms with Gasteiger partial charge in [0.15, 0.2) is 5.82 Å². The maximum absolute atomic E-state index is 6.46. The normalized spacial score (nSPS) is 16.6. The Kier molecular flexibility index (Phi) is 3.84. The van der Waals surface area contributed by atoms with Gasteiger partial charge in [0.05, 0.1) is 23.0 Å². The Hall–Kier alpha value is -2.60. The second-order valence-corrected chi connectivity index (χ2v) is 6.63. The maximum Gasteiger partial charge on any atom is 0.178 e. The molecule has 0 atom stereocenters. The Morgan fingerprint density at radius 3 is 2.96 bits per heavy atom. The molecule has 2 aromatic rings. The number of aliphatic imine (C=N–C) groups is 1. The number of hydrogen-bond acceptors (Lipinski definition) is 5. The van der Waals surface area contributed by atoms with Gasteiger partial charge in [0.1, 0.15) is 5.69 Å². The Balaban J connectivity index is 1.98. The number of nitrogens with one attached hydrogen (secondary N) is 2. The third-order valence-corrected chi connectivity index (χ3v) is 4.90. The zero-order valence-corrected chi connectivity index (χ0v) is 15.1. The molecule has 0 saturated carbocycles.